The van der Waals surface area contributed by atoms with E-state index < -0.39 is 5.97 Å². The maximum absolute atomic E-state index is 11.8. The van der Waals surface area contributed by atoms with E-state index in [1.54, 1.807) is 19.1 Å². The quantitative estimate of drug-likeness (QED) is 0.580. The molecule has 0 fully saturated rings. The number of aliphatic hydroxyl groups excluding tert-OH is 1. The lowest BCUT2D eigenvalue weighted by Crippen LogP contribution is -2.27. The van der Waals surface area contributed by atoms with Crippen molar-refractivity contribution in [1.82, 2.24) is 0 Å². The highest BCUT2D eigenvalue weighted by Gasteiger charge is 2.14. The number of benzene rings is 1. The maximum Gasteiger partial charge on any atom is 0.340 e. The molecule has 0 saturated carbocycles. The normalized spacial score (nSPS) is 10.3. The number of aliphatic hydroxyl groups is 1. The molecular formula is C14H22N2O3. The van der Waals surface area contributed by atoms with Gasteiger partial charge in [0, 0.05) is 24.5 Å². The van der Waals surface area contributed by atoms with Gasteiger partial charge < -0.3 is 20.5 Å². The lowest BCUT2D eigenvalue weighted by atomic mass is 10.1. The van der Waals surface area contributed by atoms with Gasteiger partial charge in [0.25, 0.3) is 0 Å². The molecule has 5 nitrogen and oxygen atoms in total. The third-order valence-electron chi connectivity index (χ3n) is 2.76. The third kappa shape index (κ3) is 4.13. The highest BCUT2D eigenvalue weighted by atomic mass is 16.5. The van der Waals surface area contributed by atoms with E-state index in [9.17, 15) is 4.79 Å². The molecule has 0 saturated heterocycles. The van der Waals surface area contributed by atoms with Gasteiger partial charge in [-0.3, -0.25) is 0 Å². The number of rotatable bonds is 7. The van der Waals surface area contributed by atoms with Crippen molar-refractivity contribution in [3.8, 4) is 0 Å². The molecule has 0 aromatic heterocycles. The number of carbonyl (C=O) groups is 1. The molecule has 0 radical (unpaired) electrons. The highest BCUT2D eigenvalue weighted by Crippen LogP contribution is 2.22. The number of nitrogens with zero attached hydrogens (tertiary/aromatic N) is 1. The highest BCUT2D eigenvalue weighted by molar-refractivity contribution is 5.96. The Morgan fingerprint density at radius 1 is 1.37 bits per heavy atom. The molecule has 0 amide bonds. The molecule has 0 bridgehead atoms. The second-order valence-electron chi connectivity index (χ2n) is 4.20. The minimum Gasteiger partial charge on any atom is -0.462 e. The van der Waals surface area contributed by atoms with Crippen LogP contribution in [0.15, 0.2) is 18.2 Å². The number of carbonyl (C=O) groups excluding carboxylic acids is 1. The fraction of sp³-hybridized carbons (Fsp3) is 0.500. The van der Waals surface area contributed by atoms with Crippen LogP contribution in [0.1, 0.15) is 30.6 Å². The molecule has 0 heterocycles. The Morgan fingerprint density at radius 3 is 2.68 bits per heavy atom. The number of ether oxygens (including phenoxy) is 1. The smallest absolute Gasteiger partial charge is 0.340 e. The first kappa shape index (κ1) is 15.3. The summed E-state index contributed by atoms with van der Waals surface area (Å²) >= 11 is 0. The maximum atomic E-state index is 11.8. The summed E-state index contributed by atoms with van der Waals surface area (Å²) in [6, 6.07) is 5.27. The average molecular weight is 266 g/mol. The Hall–Kier alpha value is -1.75. The molecule has 5 heteroatoms. The molecule has 1 aromatic rings. The van der Waals surface area contributed by atoms with E-state index in [-0.39, 0.29) is 6.61 Å². The van der Waals surface area contributed by atoms with Crippen LogP contribution in [0, 0.1) is 0 Å². The van der Waals surface area contributed by atoms with Gasteiger partial charge in [-0.25, -0.2) is 4.79 Å². The van der Waals surface area contributed by atoms with Crippen LogP contribution in [0.4, 0.5) is 11.4 Å². The van der Waals surface area contributed by atoms with Gasteiger partial charge in [0.1, 0.15) is 0 Å². The molecule has 106 valence electrons. The van der Waals surface area contributed by atoms with E-state index in [2.05, 4.69) is 6.92 Å². The van der Waals surface area contributed by atoms with Crippen molar-refractivity contribution in [2.24, 2.45) is 0 Å². The van der Waals surface area contributed by atoms with E-state index in [1.807, 2.05) is 11.0 Å². The second-order valence-corrected chi connectivity index (χ2v) is 4.20. The fourth-order valence-corrected chi connectivity index (χ4v) is 1.89. The van der Waals surface area contributed by atoms with Gasteiger partial charge in [0.2, 0.25) is 0 Å². The number of hydrogen-bond acceptors (Lipinski definition) is 5. The van der Waals surface area contributed by atoms with Crippen molar-refractivity contribution >= 4 is 17.3 Å². The van der Waals surface area contributed by atoms with Crippen molar-refractivity contribution in [3.63, 3.8) is 0 Å². The molecule has 0 unspecified atom stereocenters. The first-order valence-corrected chi connectivity index (χ1v) is 6.56. The Kier molecular flexibility index (Phi) is 6.15. The van der Waals surface area contributed by atoms with Crippen molar-refractivity contribution in [1.29, 1.82) is 0 Å². The van der Waals surface area contributed by atoms with Crippen molar-refractivity contribution in [3.05, 3.63) is 23.8 Å². The summed E-state index contributed by atoms with van der Waals surface area (Å²) in [5.41, 5.74) is 7.45. The van der Waals surface area contributed by atoms with Gasteiger partial charge in [-0.1, -0.05) is 6.92 Å². The van der Waals surface area contributed by atoms with Crippen LogP contribution in [0.25, 0.3) is 0 Å². The van der Waals surface area contributed by atoms with Crippen LogP contribution in [-0.4, -0.2) is 37.4 Å². The lowest BCUT2D eigenvalue weighted by molar-refractivity contribution is 0.0527. The molecule has 0 spiro atoms. The second kappa shape index (κ2) is 7.63. The lowest BCUT2D eigenvalue weighted by Gasteiger charge is -2.24. The summed E-state index contributed by atoms with van der Waals surface area (Å²) in [5.74, 6) is -0.415. The van der Waals surface area contributed by atoms with Crippen LogP contribution in [0.5, 0.6) is 0 Å². The van der Waals surface area contributed by atoms with Crippen molar-refractivity contribution in [2.75, 3.05) is 36.9 Å². The van der Waals surface area contributed by atoms with Gasteiger partial charge in [0.15, 0.2) is 0 Å². The first-order chi connectivity index (χ1) is 9.13. The van der Waals surface area contributed by atoms with E-state index in [0.29, 0.717) is 24.4 Å². The number of nitrogen functional groups attached to an aromatic ring is 1. The van der Waals surface area contributed by atoms with Gasteiger partial charge in [0.05, 0.1) is 18.8 Å². The predicted octanol–water partition coefficient (Wildman–Crippen LogP) is 1.65. The van der Waals surface area contributed by atoms with Crippen LogP contribution in [0.3, 0.4) is 0 Å². The SMILES string of the molecule is CCCN(CCO)c1ccc(N)c(C(=O)OCC)c1. The van der Waals surface area contributed by atoms with Gasteiger partial charge in [-0.2, -0.15) is 0 Å². The Morgan fingerprint density at radius 2 is 2.11 bits per heavy atom. The molecule has 19 heavy (non-hydrogen) atoms. The minimum atomic E-state index is -0.415. The molecule has 0 aliphatic carbocycles. The molecular weight excluding hydrogens is 244 g/mol. The Balaban J connectivity index is 3.01. The summed E-state index contributed by atoms with van der Waals surface area (Å²) in [6.45, 7) is 5.55. The van der Waals surface area contributed by atoms with Gasteiger partial charge >= 0.3 is 5.97 Å². The van der Waals surface area contributed by atoms with Crippen LogP contribution in [0.2, 0.25) is 0 Å². The summed E-state index contributed by atoms with van der Waals surface area (Å²) in [5, 5.41) is 9.08. The van der Waals surface area contributed by atoms with E-state index in [1.165, 1.54) is 0 Å². The minimum absolute atomic E-state index is 0.0686. The summed E-state index contributed by atoms with van der Waals surface area (Å²) in [4.78, 5) is 13.8. The first-order valence-electron chi connectivity index (χ1n) is 6.56. The number of nitrogens with two attached hydrogens (primary N) is 1. The molecule has 0 aliphatic heterocycles. The Labute approximate surface area is 114 Å². The molecule has 1 rings (SSSR count). The van der Waals surface area contributed by atoms with Gasteiger partial charge in [-0.15, -0.1) is 0 Å². The molecule has 3 N–H and O–H groups in total. The van der Waals surface area contributed by atoms with Crippen LogP contribution >= 0.6 is 0 Å². The summed E-state index contributed by atoms with van der Waals surface area (Å²) in [7, 11) is 0. The molecule has 1 aromatic carbocycles. The standard InChI is InChI=1S/C14H22N2O3/c1-3-7-16(8-9-17)11-5-6-13(15)12(10-11)14(18)19-4-2/h5-6,10,17H,3-4,7-9,15H2,1-2H3. The third-order valence-corrected chi connectivity index (χ3v) is 2.76. The average Bonchev–Trinajstić information content (AvgIpc) is 2.39. The summed E-state index contributed by atoms with van der Waals surface area (Å²) in [6.07, 6.45) is 0.957. The van der Waals surface area contributed by atoms with Crippen LogP contribution < -0.4 is 10.6 Å². The zero-order valence-electron chi connectivity index (χ0n) is 11.6. The fourth-order valence-electron chi connectivity index (χ4n) is 1.89. The van der Waals surface area contributed by atoms with Crippen molar-refractivity contribution < 1.29 is 14.6 Å². The zero-order valence-corrected chi connectivity index (χ0v) is 11.6. The topological polar surface area (TPSA) is 75.8 Å². The zero-order chi connectivity index (χ0) is 14.3. The van der Waals surface area contributed by atoms with E-state index in [4.69, 9.17) is 15.6 Å². The summed E-state index contributed by atoms with van der Waals surface area (Å²) < 4.78 is 4.98. The Bertz CT molecular complexity index is 415. The van der Waals surface area contributed by atoms with E-state index >= 15 is 0 Å². The molecule has 0 aliphatic rings. The van der Waals surface area contributed by atoms with Crippen molar-refractivity contribution in [2.45, 2.75) is 20.3 Å². The predicted molar refractivity (Wildman–Crippen MR) is 76.4 cm³/mol. The number of hydrogen-bond donors (Lipinski definition) is 2. The van der Waals surface area contributed by atoms with Crippen LogP contribution in [-0.2, 0) is 4.74 Å². The van der Waals surface area contributed by atoms with Gasteiger partial charge in [-0.05, 0) is 31.5 Å². The van der Waals surface area contributed by atoms with E-state index in [0.717, 1.165) is 18.7 Å². The number of esters is 1. The largest absolute Gasteiger partial charge is 0.462 e. The number of anilines is 2. The monoisotopic (exact) mass is 266 g/mol. The molecule has 0 atom stereocenters.